The summed E-state index contributed by atoms with van der Waals surface area (Å²) >= 11 is 0. The van der Waals surface area contributed by atoms with Gasteiger partial charge in [-0.25, -0.2) is 0 Å². The third kappa shape index (κ3) is 3.65. The van der Waals surface area contributed by atoms with Crippen molar-refractivity contribution in [2.24, 2.45) is 5.73 Å². The second kappa shape index (κ2) is 6.81. The fourth-order valence-corrected chi connectivity index (χ4v) is 0.882. The van der Waals surface area contributed by atoms with E-state index in [4.69, 9.17) is 5.73 Å². The minimum Gasteiger partial charge on any atom is -0.324 e. The van der Waals surface area contributed by atoms with Crippen LogP contribution in [-0.2, 0) is 0 Å². The molecule has 0 aliphatic rings. The Labute approximate surface area is 95.7 Å². The third-order valence-corrected chi connectivity index (χ3v) is 1.64. The first-order valence-electron chi connectivity index (χ1n) is 3.92. The minimum atomic E-state index is -0.0677. The highest BCUT2D eigenvalue weighted by molar-refractivity contribution is 5.96. The number of Topliss-reactive ketones (excluding diaryl/α,β-unsaturated/α-hetero) is 1. The normalized spacial score (nSPS) is 9.14. The summed E-state index contributed by atoms with van der Waals surface area (Å²) in [4.78, 5) is 11.1. The van der Waals surface area contributed by atoms with Crippen molar-refractivity contribution in [3.63, 3.8) is 0 Å². The van der Waals surface area contributed by atoms with Gasteiger partial charge in [0.2, 0.25) is 0 Å². The van der Waals surface area contributed by atoms with E-state index >= 15 is 0 Å². The summed E-state index contributed by atoms with van der Waals surface area (Å²) in [6.45, 7) is 4.05. The smallest absolute Gasteiger partial charge is 0.179 e. The number of ketones is 1. The molecule has 0 radical (unpaired) electrons. The van der Waals surface area contributed by atoms with Crippen molar-refractivity contribution in [1.82, 2.24) is 9.78 Å². The fraction of sp³-hybridized carbons (Fsp3) is 0.500. The topological polar surface area (TPSA) is 60.9 Å². The van der Waals surface area contributed by atoms with Crippen LogP contribution in [0.3, 0.4) is 0 Å². The zero-order valence-electron chi connectivity index (χ0n) is 8.14. The van der Waals surface area contributed by atoms with Crippen molar-refractivity contribution in [2.75, 3.05) is 6.54 Å². The number of nitrogens with zero attached hydrogens (tertiary/aromatic N) is 2. The Morgan fingerprint density at radius 2 is 2.14 bits per heavy atom. The standard InChI is InChI=1S/C8H13N3O.2ClH/c1-6(2)11-5-7(4-10-11)8(12)3-9;;/h4-6H,3,9H2,1-2H3;2*1H. The molecular weight excluding hydrogens is 225 g/mol. The average molecular weight is 240 g/mol. The molecule has 0 aromatic carbocycles. The van der Waals surface area contributed by atoms with Crippen molar-refractivity contribution >= 4 is 30.6 Å². The monoisotopic (exact) mass is 239 g/mol. The van der Waals surface area contributed by atoms with E-state index in [9.17, 15) is 4.79 Å². The molecule has 0 atom stereocenters. The number of carbonyl (C=O) groups excluding carboxylic acids is 1. The van der Waals surface area contributed by atoms with Gasteiger partial charge < -0.3 is 5.73 Å². The van der Waals surface area contributed by atoms with Gasteiger partial charge in [0.15, 0.2) is 5.78 Å². The molecule has 1 heterocycles. The van der Waals surface area contributed by atoms with Crippen molar-refractivity contribution in [2.45, 2.75) is 19.9 Å². The number of hydrogen-bond acceptors (Lipinski definition) is 3. The van der Waals surface area contributed by atoms with Crippen LogP contribution in [-0.4, -0.2) is 22.1 Å². The van der Waals surface area contributed by atoms with Gasteiger partial charge in [0, 0.05) is 12.2 Å². The molecule has 82 valence electrons. The molecule has 0 aliphatic carbocycles. The lowest BCUT2D eigenvalue weighted by Crippen LogP contribution is -2.12. The maximum atomic E-state index is 11.1. The number of hydrogen-bond donors (Lipinski definition) is 1. The summed E-state index contributed by atoms with van der Waals surface area (Å²) in [6.07, 6.45) is 3.27. The molecule has 1 aromatic heterocycles. The van der Waals surface area contributed by atoms with Crippen molar-refractivity contribution in [1.29, 1.82) is 0 Å². The van der Waals surface area contributed by atoms with E-state index < -0.39 is 0 Å². The Kier molecular flexibility index (Phi) is 7.72. The number of rotatable bonds is 3. The predicted molar refractivity (Wildman–Crippen MR) is 60.5 cm³/mol. The molecule has 1 aromatic rings. The molecule has 0 spiro atoms. The van der Waals surface area contributed by atoms with Gasteiger partial charge in [0.1, 0.15) is 0 Å². The molecule has 2 N–H and O–H groups in total. The first-order valence-corrected chi connectivity index (χ1v) is 3.92. The highest BCUT2D eigenvalue weighted by Crippen LogP contribution is 2.05. The number of nitrogens with two attached hydrogens (primary N) is 1. The van der Waals surface area contributed by atoms with Crippen LogP contribution >= 0.6 is 24.8 Å². The number of aromatic nitrogens is 2. The van der Waals surface area contributed by atoms with Crippen LogP contribution in [0.4, 0.5) is 0 Å². The van der Waals surface area contributed by atoms with Crippen LogP contribution < -0.4 is 5.73 Å². The van der Waals surface area contributed by atoms with Gasteiger partial charge >= 0.3 is 0 Å². The number of halogens is 2. The highest BCUT2D eigenvalue weighted by atomic mass is 35.5. The van der Waals surface area contributed by atoms with Crippen LogP contribution in [0.25, 0.3) is 0 Å². The van der Waals surface area contributed by atoms with E-state index in [1.54, 1.807) is 17.1 Å². The highest BCUT2D eigenvalue weighted by Gasteiger charge is 2.07. The second-order valence-corrected chi connectivity index (χ2v) is 2.93. The van der Waals surface area contributed by atoms with Gasteiger partial charge in [-0.2, -0.15) is 5.10 Å². The fourth-order valence-electron chi connectivity index (χ4n) is 0.882. The average Bonchev–Trinajstić information content (AvgIpc) is 2.51. The van der Waals surface area contributed by atoms with Crippen LogP contribution in [0, 0.1) is 0 Å². The van der Waals surface area contributed by atoms with E-state index in [2.05, 4.69) is 5.10 Å². The third-order valence-electron chi connectivity index (χ3n) is 1.64. The van der Waals surface area contributed by atoms with Crippen LogP contribution in [0.5, 0.6) is 0 Å². The molecule has 0 amide bonds. The summed E-state index contributed by atoms with van der Waals surface area (Å²) in [6, 6.07) is 0.282. The maximum Gasteiger partial charge on any atom is 0.179 e. The van der Waals surface area contributed by atoms with Gasteiger partial charge in [-0.15, -0.1) is 24.8 Å². The predicted octanol–water partition coefficient (Wildman–Crippen LogP) is 1.45. The molecule has 4 nitrogen and oxygen atoms in total. The van der Waals surface area contributed by atoms with E-state index in [0.717, 1.165) is 0 Å². The Balaban J connectivity index is 0. The molecule has 0 aliphatic heterocycles. The van der Waals surface area contributed by atoms with Crippen molar-refractivity contribution in [3.05, 3.63) is 18.0 Å². The van der Waals surface area contributed by atoms with Crippen LogP contribution in [0.2, 0.25) is 0 Å². The number of carbonyl (C=O) groups is 1. The largest absolute Gasteiger partial charge is 0.324 e. The zero-order chi connectivity index (χ0) is 9.14. The van der Waals surface area contributed by atoms with Crippen molar-refractivity contribution in [3.8, 4) is 0 Å². The first kappa shape index (κ1) is 15.9. The van der Waals surface area contributed by atoms with E-state index in [1.807, 2.05) is 13.8 Å². The lowest BCUT2D eigenvalue weighted by atomic mass is 10.2. The van der Waals surface area contributed by atoms with Crippen LogP contribution in [0.15, 0.2) is 12.4 Å². The summed E-state index contributed by atoms with van der Waals surface area (Å²) < 4.78 is 1.74. The summed E-state index contributed by atoms with van der Waals surface area (Å²) in [5.41, 5.74) is 5.79. The SMILES string of the molecule is CC(C)n1cc(C(=O)CN)cn1.Cl.Cl. The first-order chi connectivity index (χ1) is 5.65. The molecule has 0 saturated carbocycles. The minimum absolute atomic E-state index is 0. The van der Waals surface area contributed by atoms with E-state index in [-0.39, 0.29) is 43.2 Å². The quantitative estimate of drug-likeness (QED) is 0.813. The molecule has 0 fully saturated rings. The van der Waals surface area contributed by atoms with Gasteiger partial charge in [0.25, 0.3) is 0 Å². The van der Waals surface area contributed by atoms with Gasteiger partial charge in [-0.3, -0.25) is 9.48 Å². The second-order valence-electron chi connectivity index (χ2n) is 2.93. The summed E-state index contributed by atoms with van der Waals surface area (Å²) in [7, 11) is 0. The Morgan fingerprint density at radius 3 is 2.50 bits per heavy atom. The summed E-state index contributed by atoms with van der Waals surface area (Å²) in [5, 5.41) is 4.03. The zero-order valence-corrected chi connectivity index (χ0v) is 9.77. The lowest BCUT2D eigenvalue weighted by molar-refractivity contribution is 0.100. The molecule has 0 unspecified atom stereocenters. The Morgan fingerprint density at radius 1 is 1.57 bits per heavy atom. The van der Waals surface area contributed by atoms with E-state index in [0.29, 0.717) is 5.56 Å². The lowest BCUT2D eigenvalue weighted by Gasteiger charge is -2.02. The molecule has 14 heavy (non-hydrogen) atoms. The molecular formula is C8H15Cl2N3O. The van der Waals surface area contributed by atoms with Crippen LogP contribution in [0.1, 0.15) is 30.2 Å². The molecule has 0 bridgehead atoms. The van der Waals surface area contributed by atoms with Crippen molar-refractivity contribution < 1.29 is 4.79 Å². The molecule has 1 rings (SSSR count). The van der Waals surface area contributed by atoms with E-state index in [1.165, 1.54) is 0 Å². The van der Waals surface area contributed by atoms with Gasteiger partial charge in [-0.1, -0.05) is 0 Å². The molecule has 0 saturated heterocycles. The van der Waals surface area contributed by atoms with Gasteiger partial charge in [-0.05, 0) is 13.8 Å². The maximum absolute atomic E-state index is 11.1. The summed E-state index contributed by atoms with van der Waals surface area (Å²) in [5.74, 6) is -0.0677. The molecule has 6 heteroatoms. The Hall–Kier alpha value is -0.580. The van der Waals surface area contributed by atoms with Gasteiger partial charge in [0.05, 0.1) is 18.3 Å². The Bertz CT molecular complexity index is 286.